The van der Waals surface area contributed by atoms with Gasteiger partial charge in [0.1, 0.15) is 5.54 Å². The lowest BCUT2D eigenvalue weighted by molar-refractivity contribution is 0.0305. The molecule has 2 unspecified atom stereocenters. The second-order valence-electron chi connectivity index (χ2n) is 6.15. The van der Waals surface area contributed by atoms with E-state index in [0.717, 1.165) is 25.9 Å². The summed E-state index contributed by atoms with van der Waals surface area (Å²) in [5.74, 6) is 0. The van der Waals surface area contributed by atoms with E-state index in [1.54, 1.807) is 7.11 Å². The van der Waals surface area contributed by atoms with Gasteiger partial charge < -0.3 is 9.64 Å². The van der Waals surface area contributed by atoms with Gasteiger partial charge in [-0.1, -0.05) is 0 Å². The summed E-state index contributed by atoms with van der Waals surface area (Å²) < 4.78 is 5.44. The van der Waals surface area contributed by atoms with Crippen LogP contribution in [0.1, 0.15) is 46.5 Å². The van der Waals surface area contributed by atoms with Crippen molar-refractivity contribution in [2.24, 2.45) is 0 Å². The third-order valence-corrected chi connectivity index (χ3v) is 3.80. The van der Waals surface area contributed by atoms with Gasteiger partial charge in [0.05, 0.1) is 12.2 Å². The van der Waals surface area contributed by atoms with Crippen molar-refractivity contribution in [3.8, 4) is 6.07 Å². The molecular weight excluding hydrogens is 238 g/mol. The molecule has 1 fully saturated rings. The van der Waals surface area contributed by atoms with E-state index < -0.39 is 5.54 Å². The van der Waals surface area contributed by atoms with Crippen LogP contribution in [-0.4, -0.2) is 49.3 Å². The Morgan fingerprint density at radius 2 is 2.26 bits per heavy atom. The summed E-state index contributed by atoms with van der Waals surface area (Å²) in [6, 6.07) is 2.76. The van der Waals surface area contributed by atoms with Gasteiger partial charge in [0.25, 0.3) is 0 Å². The zero-order chi connectivity index (χ0) is 14.3. The second-order valence-corrected chi connectivity index (χ2v) is 6.15. The molecule has 1 rings (SSSR count). The maximum atomic E-state index is 9.31. The Balaban J connectivity index is 2.30. The van der Waals surface area contributed by atoms with E-state index >= 15 is 0 Å². The largest absolute Gasteiger partial charge is 0.380 e. The van der Waals surface area contributed by atoms with Crippen LogP contribution >= 0.6 is 0 Å². The summed E-state index contributed by atoms with van der Waals surface area (Å²) in [6.07, 6.45) is 4.75. The maximum absolute atomic E-state index is 9.31. The van der Waals surface area contributed by atoms with Crippen LogP contribution in [0, 0.1) is 11.3 Å². The second kappa shape index (κ2) is 7.84. The van der Waals surface area contributed by atoms with Crippen LogP contribution in [0.15, 0.2) is 0 Å². The van der Waals surface area contributed by atoms with Crippen molar-refractivity contribution in [3.05, 3.63) is 0 Å². The average molecular weight is 267 g/mol. The fourth-order valence-corrected chi connectivity index (χ4v) is 2.86. The lowest BCUT2D eigenvalue weighted by atomic mass is 9.96. The third-order valence-electron chi connectivity index (χ3n) is 3.80. The van der Waals surface area contributed by atoms with Crippen LogP contribution < -0.4 is 5.32 Å². The number of nitrogens with one attached hydrogen (secondary N) is 1. The molecule has 0 aromatic rings. The van der Waals surface area contributed by atoms with E-state index in [1.807, 2.05) is 6.92 Å². The topological polar surface area (TPSA) is 48.3 Å². The van der Waals surface area contributed by atoms with E-state index in [2.05, 4.69) is 30.1 Å². The number of nitriles is 1. The van der Waals surface area contributed by atoms with Crippen molar-refractivity contribution in [1.29, 1.82) is 5.26 Å². The van der Waals surface area contributed by atoms with E-state index in [9.17, 15) is 5.26 Å². The number of rotatable bonds is 7. The predicted molar refractivity (Wildman–Crippen MR) is 78.0 cm³/mol. The van der Waals surface area contributed by atoms with Crippen LogP contribution in [0.2, 0.25) is 0 Å². The molecule has 0 radical (unpaired) electrons. The summed E-state index contributed by atoms with van der Waals surface area (Å²) in [5.41, 5.74) is -0.398. The quantitative estimate of drug-likeness (QED) is 0.768. The molecule has 1 saturated heterocycles. The molecule has 0 aliphatic carbocycles. The molecule has 0 bridgehead atoms. The van der Waals surface area contributed by atoms with Crippen molar-refractivity contribution in [2.45, 2.75) is 64.1 Å². The summed E-state index contributed by atoms with van der Waals surface area (Å²) in [4.78, 5) is 2.46. The van der Waals surface area contributed by atoms with Crippen LogP contribution in [-0.2, 0) is 4.74 Å². The number of likely N-dealkylation sites (tertiary alicyclic amines) is 1. The Hall–Kier alpha value is -0.630. The SMILES string of the molecule is COC1CCCN(CCCC(C)(C#N)NC(C)C)C1. The fourth-order valence-electron chi connectivity index (χ4n) is 2.86. The van der Waals surface area contributed by atoms with Crippen LogP contribution in [0.25, 0.3) is 0 Å². The van der Waals surface area contributed by atoms with Crippen LogP contribution in [0.5, 0.6) is 0 Å². The molecule has 0 amide bonds. The van der Waals surface area contributed by atoms with E-state index in [-0.39, 0.29) is 0 Å². The Labute approximate surface area is 118 Å². The standard InChI is InChI=1S/C15H29N3O/c1-13(2)17-15(3,12-16)8-6-10-18-9-5-7-14(11-18)19-4/h13-14,17H,5-11H2,1-4H3. The maximum Gasteiger partial charge on any atom is 0.104 e. The highest BCUT2D eigenvalue weighted by Crippen LogP contribution is 2.16. The summed E-state index contributed by atoms with van der Waals surface area (Å²) in [7, 11) is 1.80. The first-order valence-corrected chi connectivity index (χ1v) is 7.43. The first-order chi connectivity index (χ1) is 8.99. The number of nitrogens with zero attached hydrogens (tertiary/aromatic N) is 2. The molecule has 0 aromatic heterocycles. The zero-order valence-corrected chi connectivity index (χ0v) is 12.9. The monoisotopic (exact) mass is 267 g/mol. The molecule has 1 heterocycles. The van der Waals surface area contributed by atoms with Gasteiger partial charge in [0.15, 0.2) is 0 Å². The van der Waals surface area contributed by atoms with Crippen LogP contribution in [0.4, 0.5) is 0 Å². The van der Waals surface area contributed by atoms with Crippen molar-refractivity contribution in [1.82, 2.24) is 10.2 Å². The van der Waals surface area contributed by atoms with Gasteiger partial charge in [-0.05, 0) is 59.5 Å². The molecular formula is C15H29N3O. The molecule has 2 atom stereocenters. The fraction of sp³-hybridized carbons (Fsp3) is 0.933. The van der Waals surface area contributed by atoms with Gasteiger partial charge >= 0.3 is 0 Å². The Morgan fingerprint density at radius 1 is 1.53 bits per heavy atom. The minimum absolute atomic E-state index is 0.345. The molecule has 1 aliphatic rings. The average Bonchev–Trinajstić information content (AvgIpc) is 2.38. The predicted octanol–water partition coefficient (Wildman–Crippen LogP) is 2.16. The highest BCUT2D eigenvalue weighted by molar-refractivity contribution is 5.04. The highest BCUT2D eigenvalue weighted by Gasteiger charge is 2.25. The molecule has 0 saturated carbocycles. The first kappa shape index (κ1) is 16.4. The van der Waals surface area contributed by atoms with E-state index in [1.165, 1.54) is 19.4 Å². The van der Waals surface area contributed by atoms with Gasteiger partial charge in [0.2, 0.25) is 0 Å². The van der Waals surface area contributed by atoms with Gasteiger partial charge in [-0.15, -0.1) is 0 Å². The van der Waals surface area contributed by atoms with Gasteiger partial charge in [-0.25, -0.2) is 0 Å². The molecule has 1 aliphatic heterocycles. The summed E-state index contributed by atoms with van der Waals surface area (Å²) in [6.45, 7) is 9.45. The molecule has 0 aromatic carbocycles. The highest BCUT2D eigenvalue weighted by atomic mass is 16.5. The lowest BCUT2D eigenvalue weighted by Gasteiger charge is -2.33. The molecule has 0 spiro atoms. The Morgan fingerprint density at radius 3 is 2.84 bits per heavy atom. The summed E-state index contributed by atoms with van der Waals surface area (Å²) >= 11 is 0. The van der Waals surface area contributed by atoms with Crippen molar-refractivity contribution in [2.75, 3.05) is 26.7 Å². The number of piperidine rings is 1. The molecule has 110 valence electrons. The third kappa shape index (κ3) is 5.90. The minimum atomic E-state index is -0.398. The van der Waals surface area contributed by atoms with Crippen molar-refractivity contribution < 1.29 is 4.74 Å². The van der Waals surface area contributed by atoms with Crippen molar-refractivity contribution in [3.63, 3.8) is 0 Å². The Kier molecular flexibility index (Phi) is 6.78. The molecule has 4 nitrogen and oxygen atoms in total. The summed E-state index contributed by atoms with van der Waals surface area (Å²) in [5, 5.41) is 12.7. The normalized spacial score (nSPS) is 24.1. The zero-order valence-electron chi connectivity index (χ0n) is 12.9. The lowest BCUT2D eigenvalue weighted by Crippen LogP contribution is -2.46. The number of methoxy groups -OCH3 is 1. The molecule has 4 heteroatoms. The number of ether oxygens (including phenoxy) is 1. The first-order valence-electron chi connectivity index (χ1n) is 7.43. The molecule has 19 heavy (non-hydrogen) atoms. The van der Waals surface area contributed by atoms with E-state index in [0.29, 0.717) is 12.1 Å². The van der Waals surface area contributed by atoms with E-state index in [4.69, 9.17) is 4.74 Å². The minimum Gasteiger partial charge on any atom is -0.380 e. The molecule has 1 N–H and O–H groups in total. The van der Waals surface area contributed by atoms with Crippen molar-refractivity contribution >= 4 is 0 Å². The number of hydrogen-bond acceptors (Lipinski definition) is 4. The number of hydrogen-bond donors (Lipinski definition) is 1. The van der Waals surface area contributed by atoms with Gasteiger partial charge in [0, 0.05) is 19.7 Å². The Bertz CT molecular complexity index is 300. The van der Waals surface area contributed by atoms with Gasteiger partial charge in [-0.3, -0.25) is 5.32 Å². The van der Waals surface area contributed by atoms with Crippen LogP contribution in [0.3, 0.4) is 0 Å². The van der Waals surface area contributed by atoms with Gasteiger partial charge in [-0.2, -0.15) is 5.26 Å². The smallest absolute Gasteiger partial charge is 0.104 e.